The molecule has 0 radical (unpaired) electrons. The fraction of sp³-hybridized carbons (Fsp3) is 0.588. The van der Waals surface area contributed by atoms with Crippen molar-refractivity contribution >= 4 is 6.09 Å². The summed E-state index contributed by atoms with van der Waals surface area (Å²) in [5.41, 5.74) is 9.51. The number of carbonyl (C=O) groups is 1. The second kappa shape index (κ2) is 6.48. The first kappa shape index (κ1) is 15.8. The van der Waals surface area contributed by atoms with Gasteiger partial charge in [-0.05, 0) is 63.1 Å². The summed E-state index contributed by atoms with van der Waals surface area (Å²) in [5.74, 6) is 0. The maximum atomic E-state index is 11.9. The van der Waals surface area contributed by atoms with Crippen LogP contribution in [0, 0.1) is 0 Å². The highest BCUT2D eigenvalue weighted by Crippen LogP contribution is 2.26. The van der Waals surface area contributed by atoms with Crippen LogP contribution in [0.3, 0.4) is 0 Å². The van der Waals surface area contributed by atoms with Gasteiger partial charge in [0.05, 0.1) is 0 Å². The van der Waals surface area contributed by atoms with Crippen LogP contribution in [0.2, 0.25) is 0 Å². The molecule has 0 aliphatic heterocycles. The Morgan fingerprint density at radius 2 is 2.14 bits per heavy atom. The number of ether oxygens (including phenoxy) is 1. The molecule has 0 spiro atoms. The van der Waals surface area contributed by atoms with E-state index in [0.717, 1.165) is 19.3 Å². The van der Waals surface area contributed by atoms with Gasteiger partial charge in [-0.3, -0.25) is 0 Å². The normalized spacial score (nSPS) is 15.4. The van der Waals surface area contributed by atoms with Gasteiger partial charge in [0, 0.05) is 12.6 Å². The van der Waals surface area contributed by atoms with E-state index in [1.54, 1.807) is 0 Å². The van der Waals surface area contributed by atoms with E-state index in [4.69, 9.17) is 10.5 Å². The third kappa shape index (κ3) is 4.46. The summed E-state index contributed by atoms with van der Waals surface area (Å²) >= 11 is 0. The minimum atomic E-state index is -0.489. The minimum absolute atomic E-state index is 0.0908. The van der Waals surface area contributed by atoms with Crippen LogP contribution in [-0.4, -0.2) is 24.3 Å². The maximum absolute atomic E-state index is 11.9. The molecular formula is C17H26N2O2. The fourth-order valence-corrected chi connectivity index (χ4v) is 2.82. The van der Waals surface area contributed by atoms with Crippen molar-refractivity contribution < 1.29 is 9.53 Å². The Morgan fingerprint density at radius 1 is 1.38 bits per heavy atom. The summed E-state index contributed by atoms with van der Waals surface area (Å²) in [6, 6.07) is 6.35. The molecule has 0 fully saturated rings. The summed E-state index contributed by atoms with van der Waals surface area (Å²) in [6.45, 7) is 5.97. The molecule has 4 heteroatoms. The van der Waals surface area contributed by atoms with Crippen molar-refractivity contribution in [2.75, 3.05) is 6.54 Å². The highest BCUT2D eigenvalue weighted by atomic mass is 16.6. The zero-order chi connectivity index (χ0) is 15.5. The first-order valence-corrected chi connectivity index (χ1v) is 7.68. The zero-order valence-electron chi connectivity index (χ0n) is 13.2. The monoisotopic (exact) mass is 290 g/mol. The van der Waals surface area contributed by atoms with Gasteiger partial charge in [0.15, 0.2) is 0 Å². The topological polar surface area (TPSA) is 64.3 Å². The smallest absolute Gasteiger partial charge is 0.407 e. The van der Waals surface area contributed by atoms with E-state index in [1.807, 2.05) is 20.8 Å². The lowest BCUT2D eigenvalue weighted by atomic mass is 9.97. The van der Waals surface area contributed by atoms with Crippen LogP contribution in [0.15, 0.2) is 18.2 Å². The van der Waals surface area contributed by atoms with E-state index in [1.165, 1.54) is 23.1 Å². The van der Waals surface area contributed by atoms with E-state index in [0.29, 0.717) is 6.54 Å². The Labute approximate surface area is 127 Å². The molecule has 1 atom stereocenters. The molecule has 0 saturated carbocycles. The van der Waals surface area contributed by atoms with E-state index < -0.39 is 11.7 Å². The summed E-state index contributed by atoms with van der Waals surface area (Å²) in [4.78, 5) is 11.9. The standard InChI is InChI=1S/C17H26N2O2/c1-17(2,3)21-16(20)19-14(11-18)10-13-8-4-6-12-7-5-9-15(12)13/h4,6,8,14H,5,7,9-11,18H2,1-3H3,(H,19,20). The largest absolute Gasteiger partial charge is 0.444 e. The van der Waals surface area contributed by atoms with Gasteiger partial charge in [-0.15, -0.1) is 0 Å². The van der Waals surface area contributed by atoms with E-state index >= 15 is 0 Å². The maximum Gasteiger partial charge on any atom is 0.407 e. The van der Waals surface area contributed by atoms with E-state index in [-0.39, 0.29) is 6.04 Å². The number of nitrogens with two attached hydrogens (primary N) is 1. The Balaban J connectivity index is 2.00. The number of rotatable bonds is 4. The fourth-order valence-electron chi connectivity index (χ4n) is 2.82. The van der Waals surface area contributed by atoms with Gasteiger partial charge in [-0.25, -0.2) is 4.79 Å². The highest BCUT2D eigenvalue weighted by Gasteiger charge is 2.21. The van der Waals surface area contributed by atoms with Crippen molar-refractivity contribution in [1.29, 1.82) is 0 Å². The third-order valence-electron chi connectivity index (χ3n) is 3.71. The lowest BCUT2D eigenvalue weighted by molar-refractivity contribution is 0.0506. The second-order valence-corrected chi connectivity index (χ2v) is 6.69. The lowest BCUT2D eigenvalue weighted by Gasteiger charge is -2.23. The second-order valence-electron chi connectivity index (χ2n) is 6.69. The van der Waals surface area contributed by atoms with Crippen LogP contribution in [0.4, 0.5) is 4.79 Å². The Bertz CT molecular complexity index is 506. The number of benzene rings is 1. The van der Waals surface area contributed by atoms with Crippen LogP contribution < -0.4 is 11.1 Å². The third-order valence-corrected chi connectivity index (χ3v) is 3.71. The molecule has 1 unspecified atom stereocenters. The molecule has 0 aromatic heterocycles. The van der Waals surface area contributed by atoms with Crippen molar-refractivity contribution in [2.45, 2.75) is 58.1 Å². The Kier molecular flexibility index (Phi) is 4.88. The molecule has 0 bridgehead atoms. The predicted octanol–water partition coefficient (Wildman–Crippen LogP) is 2.57. The molecule has 4 nitrogen and oxygen atoms in total. The molecule has 116 valence electrons. The summed E-state index contributed by atoms with van der Waals surface area (Å²) in [5, 5.41) is 2.88. The van der Waals surface area contributed by atoms with Gasteiger partial charge in [0.2, 0.25) is 0 Å². The van der Waals surface area contributed by atoms with Gasteiger partial charge >= 0.3 is 6.09 Å². The van der Waals surface area contributed by atoms with E-state index in [9.17, 15) is 4.79 Å². The molecule has 21 heavy (non-hydrogen) atoms. The number of alkyl carbamates (subject to hydrolysis) is 1. The molecule has 1 aromatic rings. The molecule has 1 aliphatic carbocycles. The molecule has 1 aliphatic rings. The quantitative estimate of drug-likeness (QED) is 0.895. The molecular weight excluding hydrogens is 264 g/mol. The number of amides is 1. The van der Waals surface area contributed by atoms with Crippen molar-refractivity contribution in [1.82, 2.24) is 5.32 Å². The number of carbonyl (C=O) groups excluding carboxylic acids is 1. The Hall–Kier alpha value is -1.55. The van der Waals surface area contributed by atoms with Crippen LogP contribution in [0.1, 0.15) is 43.9 Å². The average Bonchev–Trinajstić information content (AvgIpc) is 2.84. The van der Waals surface area contributed by atoms with Crippen molar-refractivity contribution in [3.8, 4) is 0 Å². The number of fused-ring (bicyclic) bond motifs is 1. The SMILES string of the molecule is CC(C)(C)OC(=O)NC(CN)Cc1cccc2c1CCC2. The van der Waals surface area contributed by atoms with Crippen molar-refractivity contribution in [3.63, 3.8) is 0 Å². The summed E-state index contributed by atoms with van der Waals surface area (Å²) in [6.07, 6.45) is 3.88. The minimum Gasteiger partial charge on any atom is -0.444 e. The molecule has 2 rings (SSSR count). The molecule has 3 N–H and O–H groups in total. The van der Waals surface area contributed by atoms with Gasteiger partial charge in [0.1, 0.15) is 5.60 Å². The molecule has 0 saturated heterocycles. The van der Waals surface area contributed by atoms with Crippen molar-refractivity contribution in [3.05, 3.63) is 34.9 Å². The van der Waals surface area contributed by atoms with Gasteiger partial charge < -0.3 is 15.8 Å². The average molecular weight is 290 g/mol. The number of aryl methyl sites for hydroxylation is 1. The molecule has 1 aromatic carbocycles. The predicted molar refractivity (Wildman–Crippen MR) is 84.4 cm³/mol. The van der Waals surface area contributed by atoms with Gasteiger partial charge in [-0.1, -0.05) is 18.2 Å². The Morgan fingerprint density at radius 3 is 2.81 bits per heavy atom. The first-order valence-electron chi connectivity index (χ1n) is 7.68. The summed E-state index contributed by atoms with van der Waals surface area (Å²) < 4.78 is 5.29. The van der Waals surface area contributed by atoms with Crippen molar-refractivity contribution in [2.24, 2.45) is 5.73 Å². The first-order chi connectivity index (χ1) is 9.89. The lowest BCUT2D eigenvalue weighted by Crippen LogP contribution is -2.44. The van der Waals surface area contributed by atoms with Gasteiger partial charge in [0.25, 0.3) is 0 Å². The van der Waals surface area contributed by atoms with Crippen LogP contribution >= 0.6 is 0 Å². The number of nitrogens with one attached hydrogen (secondary N) is 1. The van der Waals surface area contributed by atoms with Crippen LogP contribution in [0.5, 0.6) is 0 Å². The van der Waals surface area contributed by atoms with Gasteiger partial charge in [-0.2, -0.15) is 0 Å². The highest BCUT2D eigenvalue weighted by molar-refractivity contribution is 5.68. The van der Waals surface area contributed by atoms with E-state index in [2.05, 4.69) is 23.5 Å². The molecule has 0 heterocycles. The number of hydrogen-bond acceptors (Lipinski definition) is 3. The number of hydrogen-bond donors (Lipinski definition) is 2. The zero-order valence-corrected chi connectivity index (χ0v) is 13.2. The molecule has 1 amide bonds. The van der Waals surface area contributed by atoms with Crippen LogP contribution in [-0.2, 0) is 24.0 Å². The summed E-state index contributed by atoms with van der Waals surface area (Å²) in [7, 11) is 0. The van der Waals surface area contributed by atoms with Crippen LogP contribution in [0.25, 0.3) is 0 Å².